The second-order valence-corrected chi connectivity index (χ2v) is 40.4. The summed E-state index contributed by atoms with van der Waals surface area (Å²) in [5.41, 5.74) is 10.9. The predicted octanol–water partition coefficient (Wildman–Crippen LogP) is 4.64. The summed E-state index contributed by atoms with van der Waals surface area (Å²) in [4.78, 5) is 267. The first-order valence-electron chi connectivity index (χ1n) is 47.8. The first-order valence-corrected chi connectivity index (χ1v) is 53.0. The Bertz CT molecular complexity index is 3930. The van der Waals surface area contributed by atoms with Crippen LogP contribution in [-0.4, -0.2) is 334 Å². The van der Waals surface area contributed by atoms with Gasteiger partial charge in [-0.25, -0.2) is 0 Å². The lowest BCUT2D eigenvalue weighted by Crippen LogP contribution is -2.54. The fourth-order valence-electron chi connectivity index (χ4n) is 15.3. The van der Waals surface area contributed by atoms with E-state index in [0.29, 0.717) is 97.1 Å². The van der Waals surface area contributed by atoms with Crippen molar-refractivity contribution in [1.29, 1.82) is 0 Å². The summed E-state index contributed by atoms with van der Waals surface area (Å²) in [5, 5.41) is 18.5. The highest BCUT2D eigenvalue weighted by Crippen LogP contribution is 2.30. The van der Waals surface area contributed by atoms with Crippen molar-refractivity contribution in [3.05, 3.63) is 24.3 Å². The number of likely N-dealkylation sites (tertiary alicyclic amines) is 6. The van der Waals surface area contributed by atoms with E-state index in [4.69, 9.17) is 11.5 Å². The number of thioether (sulfide) groups is 4. The van der Waals surface area contributed by atoms with Crippen LogP contribution in [-0.2, 0) is 105 Å². The van der Waals surface area contributed by atoms with Crippen molar-refractivity contribution in [2.45, 2.75) is 358 Å². The average Bonchev–Trinajstić information content (AvgIpc) is 1.65. The van der Waals surface area contributed by atoms with Crippen LogP contribution in [0.1, 0.15) is 270 Å². The summed E-state index contributed by atoms with van der Waals surface area (Å²) in [5.74, 6) is -3.30. The highest BCUT2D eigenvalue weighted by molar-refractivity contribution is 8.00. The van der Waals surface area contributed by atoms with Crippen molar-refractivity contribution < 1.29 is 105 Å². The van der Waals surface area contributed by atoms with E-state index < -0.39 is 41.1 Å². The molecule has 8 aliphatic rings. The monoisotopic (exact) mass is 2000 g/mol. The summed E-state index contributed by atoms with van der Waals surface area (Å²) in [6.07, 6.45) is 30.4. The summed E-state index contributed by atoms with van der Waals surface area (Å²) in [7, 11) is 0. The molecule has 11 N–H and O–H groups in total. The standard InChI is InChI=1S/C18H29N3O4.3C14H24N2O3S.C13H20N2O3.C11H19N3O3S.C10H15N3O3/c1-13(2)19-16(23)8-4-3-5-9-21-17(24)11-15(18(21)25)20-10-6-7-14(20)12-22;3*1-10(2)15-12(17)7-5-4-6-8-16-13(18)9-11(20-3)14(16)19;1-10(2)14-11(16)6-4-3-5-9-15-12(17)7-8-13(15)18;1-6(2)13-10(16)7(5-12)14-9(15)4-8(18-3)11(14)17;1-6(2)12-10(16)7(5-11)13-8(14)3-4-9(13)15/h12-15H,3-11H2,1-2H3,(H,19,23);3*10-11H,4-9H2,1-3H3,(H,15,17);7-8,10H,3-6,9H2,1-2H3,(H,14,16);6-8H,4-5,12H2,1-3H3,(H,13,16);3-4,6-7H,5,11H2,1-2H3,(H,12,16)/t14-,15?;;;;;;/m0....../s1. The highest BCUT2D eigenvalue weighted by Gasteiger charge is 2.47. The third kappa shape index (κ3) is 45.2. The zero-order chi connectivity index (χ0) is 103. The van der Waals surface area contributed by atoms with Crippen molar-refractivity contribution in [1.82, 2.24) is 76.4 Å². The second kappa shape index (κ2) is 66.4. The van der Waals surface area contributed by atoms with Crippen molar-refractivity contribution in [3.63, 3.8) is 0 Å². The van der Waals surface area contributed by atoms with Crippen molar-refractivity contribution >= 4 is 177 Å². The van der Waals surface area contributed by atoms with Gasteiger partial charge < -0.3 is 53.5 Å². The lowest BCUT2D eigenvalue weighted by atomic mass is 10.1. The Morgan fingerprint density at radius 2 is 0.584 bits per heavy atom. The Morgan fingerprint density at radius 1 is 0.328 bits per heavy atom. The number of rotatable bonds is 49. The minimum Gasteiger partial charge on any atom is -0.354 e. The molecule has 0 aromatic heterocycles. The average molecular weight is 2000 g/mol. The van der Waals surface area contributed by atoms with Gasteiger partial charge in [-0.1, -0.05) is 32.1 Å². The normalized spacial score (nSPS) is 19.5. The molecular formula is C94H155N17O22S4. The number of nitrogens with two attached hydrogens (primary N) is 2. The molecule has 0 aromatic carbocycles. The number of aldehydes is 1. The molecule has 39 nitrogen and oxygen atoms in total. The topological polar surface area (TPSA) is 538 Å². The molecule has 6 fully saturated rings. The molecule has 43 heteroatoms. The molecular weight excluding hydrogens is 1850 g/mol. The third-order valence-corrected chi connectivity index (χ3v) is 25.7. The minimum atomic E-state index is -0.933. The van der Waals surface area contributed by atoms with Gasteiger partial charge in [0.25, 0.3) is 23.6 Å². The van der Waals surface area contributed by atoms with E-state index in [1.807, 2.05) is 107 Å². The quantitative estimate of drug-likeness (QED) is 0.0228. The number of hydrogen-bond acceptors (Lipinski definition) is 29. The summed E-state index contributed by atoms with van der Waals surface area (Å²) >= 11 is 5.63. The number of unbranched alkanes of at least 4 members (excludes halogenated alkanes) is 10. The van der Waals surface area contributed by atoms with Gasteiger partial charge in [-0.3, -0.25) is 140 Å². The molecule has 0 radical (unpaired) electrons. The molecule has 6 saturated heterocycles. The van der Waals surface area contributed by atoms with Gasteiger partial charge in [0.2, 0.25) is 100 Å². The molecule has 0 aliphatic carbocycles. The molecule has 8 heterocycles. The van der Waals surface area contributed by atoms with Gasteiger partial charge in [-0.05, 0) is 206 Å². The zero-order valence-corrected chi connectivity index (χ0v) is 86.9. The summed E-state index contributed by atoms with van der Waals surface area (Å²) in [6, 6.07) is -1.83. The minimum absolute atomic E-state index is 0.0392. The smallest absolute Gasteiger partial charge is 0.254 e. The van der Waals surface area contributed by atoms with Crippen LogP contribution in [0.15, 0.2) is 24.3 Å². The van der Waals surface area contributed by atoms with E-state index in [1.165, 1.54) is 83.7 Å². The predicted molar refractivity (Wildman–Crippen MR) is 528 cm³/mol. The largest absolute Gasteiger partial charge is 0.354 e. The number of carbonyl (C=O) groups excluding carboxylic acids is 22. The fourth-order valence-corrected chi connectivity index (χ4v) is 17.8. The Morgan fingerprint density at radius 3 is 0.847 bits per heavy atom. The van der Waals surface area contributed by atoms with E-state index in [0.717, 1.165) is 131 Å². The van der Waals surface area contributed by atoms with Crippen LogP contribution in [0, 0.1) is 0 Å². The van der Waals surface area contributed by atoms with Gasteiger partial charge in [0.15, 0.2) is 0 Å². The number of nitrogens with zero attached hydrogens (tertiary/aromatic N) is 8. The number of nitrogens with one attached hydrogen (secondary N) is 7. The zero-order valence-electron chi connectivity index (χ0n) is 83.6. The van der Waals surface area contributed by atoms with E-state index in [-0.39, 0.29) is 196 Å². The molecule has 0 aromatic rings. The van der Waals surface area contributed by atoms with E-state index >= 15 is 0 Å². The van der Waals surface area contributed by atoms with Gasteiger partial charge >= 0.3 is 0 Å². The molecule has 137 heavy (non-hydrogen) atoms. The molecule has 8 aliphatic heterocycles. The maximum Gasteiger partial charge on any atom is 0.254 e. The molecule has 7 unspecified atom stereocenters. The van der Waals surface area contributed by atoms with Crippen LogP contribution in [0.4, 0.5) is 0 Å². The molecule has 0 saturated carbocycles. The van der Waals surface area contributed by atoms with Crippen LogP contribution >= 0.6 is 47.0 Å². The van der Waals surface area contributed by atoms with Crippen LogP contribution in [0.3, 0.4) is 0 Å². The van der Waals surface area contributed by atoms with Crippen molar-refractivity contribution in [2.24, 2.45) is 11.5 Å². The second-order valence-electron chi connectivity index (χ2n) is 36.2. The third-order valence-electron chi connectivity index (χ3n) is 22.0. The molecule has 8 atom stereocenters. The van der Waals surface area contributed by atoms with Crippen molar-refractivity contribution in [2.75, 3.05) is 77.4 Å². The fraction of sp³-hybridized carbons (Fsp3) is 0.723. The van der Waals surface area contributed by atoms with Gasteiger partial charge in [0.1, 0.15) is 18.4 Å². The Labute approximate surface area is 825 Å². The Kier molecular flexibility index (Phi) is 59.9. The molecule has 8 rings (SSSR count). The van der Waals surface area contributed by atoms with E-state index in [2.05, 4.69) is 37.2 Å². The SMILES string of the molecule is CC(C)NC(=O)C(CN)N1C(=O)C=CC1=O.CC(C)NC(=O)CCCCCN1C(=O)C=CC1=O.CC(C)NC(=O)CCCCCN1C(=O)CC(N2CCC[C@H]2C=O)C1=O.CSC1CC(=O)N(C(CN)C(=O)NC(C)C)C1=O.CSC1CC(=O)N(CCCCCC(=O)NC(C)C)C1=O.CSC1CC(=O)N(CCCCCC(=O)NC(C)C)C1=O.CSC1CC(=O)N(CCCCCC(=O)NC(C)C)C1=O. The molecule has 0 spiro atoms. The van der Waals surface area contributed by atoms with E-state index in [9.17, 15) is 105 Å². The number of carbonyl (C=O) groups is 22. The van der Waals surface area contributed by atoms with Crippen LogP contribution in [0.5, 0.6) is 0 Å². The number of imide groups is 7. The first-order chi connectivity index (χ1) is 64.7. The Balaban J connectivity index is 0.000000543. The van der Waals surface area contributed by atoms with Crippen LogP contribution < -0.4 is 48.7 Å². The Hall–Kier alpha value is -9.30. The van der Waals surface area contributed by atoms with Crippen molar-refractivity contribution in [3.8, 4) is 0 Å². The van der Waals surface area contributed by atoms with E-state index in [1.54, 1.807) is 20.1 Å². The summed E-state index contributed by atoms with van der Waals surface area (Å²) in [6.45, 7) is 29.4. The van der Waals surface area contributed by atoms with Gasteiger partial charge in [-0.15, -0.1) is 0 Å². The maximum atomic E-state index is 12.5. The summed E-state index contributed by atoms with van der Waals surface area (Å²) < 4.78 is 0. The molecule has 0 bridgehead atoms. The molecule has 21 amide bonds. The van der Waals surface area contributed by atoms with Crippen LogP contribution in [0.25, 0.3) is 0 Å². The number of amides is 21. The van der Waals surface area contributed by atoms with Gasteiger partial charge in [-0.2, -0.15) is 47.0 Å². The first kappa shape index (κ1) is 124. The lowest BCUT2D eigenvalue weighted by molar-refractivity contribution is -0.146. The van der Waals surface area contributed by atoms with Gasteiger partial charge in [0.05, 0.1) is 39.5 Å². The molecule has 772 valence electrons. The highest BCUT2D eigenvalue weighted by atomic mass is 32.2. The number of hydrogen-bond donors (Lipinski definition) is 9. The van der Waals surface area contributed by atoms with Crippen LogP contribution in [0.2, 0.25) is 0 Å². The lowest BCUT2D eigenvalue weighted by Gasteiger charge is -2.25. The maximum absolute atomic E-state index is 12.5. The van der Waals surface area contributed by atoms with Gasteiger partial charge in [0, 0.05) is 170 Å².